The second-order valence-corrected chi connectivity index (χ2v) is 6.26. The highest BCUT2D eigenvalue weighted by molar-refractivity contribution is 9.10. The molecule has 0 radical (unpaired) electrons. The van der Waals surface area contributed by atoms with Crippen LogP contribution in [-0.4, -0.2) is 5.78 Å². The lowest BCUT2D eigenvalue weighted by molar-refractivity contribution is -0.123. The van der Waals surface area contributed by atoms with Crippen molar-refractivity contribution in [3.8, 4) is 0 Å². The minimum absolute atomic E-state index is 0.132. The van der Waals surface area contributed by atoms with Gasteiger partial charge in [0, 0.05) is 16.8 Å². The fraction of sp³-hybridized carbons (Fsp3) is 0.533. The van der Waals surface area contributed by atoms with Crippen LogP contribution >= 0.6 is 15.9 Å². The van der Waals surface area contributed by atoms with Gasteiger partial charge in [-0.3, -0.25) is 4.79 Å². The zero-order chi connectivity index (χ0) is 13.1. The Labute approximate surface area is 116 Å². The van der Waals surface area contributed by atoms with E-state index in [0.29, 0.717) is 11.5 Å². The van der Waals surface area contributed by atoms with Crippen molar-refractivity contribution in [1.29, 1.82) is 0 Å². The minimum Gasteiger partial charge on any atom is -0.299 e. The van der Waals surface area contributed by atoms with Gasteiger partial charge < -0.3 is 0 Å². The van der Waals surface area contributed by atoms with E-state index in [-0.39, 0.29) is 23.9 Å². The van der Waals surface area contributed by atoms with E-state index >= 15 is 0 Å². The number of rotatable bonds is 3. The molecule has 98 valence electrons. The van der Waals surface area contributed by atoms with Gasteiger partial charge in [0.15, 0.2) is 0 Å². The summed E-state index contributed by atoms with van der Waals surface area (Å²) in [6, 6.07) is 4.78. The van der Waals surface area contributed by atoms with Crippen LogP contribution < -0.4 is 0 Å². The van der Waals surface area contributed by atoms with Gasteiger partial charge in [-0.2, -0.15) is 0 Å². The molecule has 1 aliphatic rings. The van der Waals surface area contributed by atoms with E-state index < -0.39 is 0 Å². The summed E-state index contributed by atoms with van der Waals surface area (Å²) in [5.41, 5.74) is 0.507. The summed E-state index contributed by atoms with van der Waals surface area (Å²) in [6.07, 6.45) is 4.50. The van der Waals surface area contributed by atoms with Crippen LogP contribution in [0, 0.1) is 17.7 Å². The molecule has 0 bridgehead atoms. The first-order valence-electron chi connectivity index (χ1n) is 6.53. The second kappa shape index (κ2) is 5.96. The van der Waals surface area contributed by atoms with Gasteiger partial charge in [0.2, 0.25) is 0 Å². The molecule has 18 heavy (non-hydrogen) atoms. The van der Waals surface area contributed by atoms with Crippen molar-refractivity contribution in [2.75, 3.05) is 0 Å². The Bertz CT molecular complexity index is 444. The lowest BCUT2D eigenvalue weighted by Crippen LogP contribution is -2.23. The van der Waals surface area contributed by atoms with Crippen LogP contribution in [0.3, 0.4) is 0 Å². The molecule has 1 saturated carbocycles. The molecule has 0 amide bonds. The van der Waals surface area contributed by atoms with Gasteiger partial charge in [-0.15, -0.1) is 0 Å². The zero-order valence-corrected chi connectivity index (χ0v) is 12.2. The van der Waals surface area contributed by atoms with E-state index in [9.17, 15) is 9.18 Å². The van der Waals surface area contributed by atoms with Gasteiger partial charge in [0.1, 0.15) is 11.6 Å². The molecule has 0 aliphatic heterocycles. The fourth-order valence-electron chi connectivity index (χ4n) is 2.74. The number of hydrogen-bond donors (Lipinski definition) is 0. The maximum absolute atomic E-state index is 13.6. The van der Waals surface area contributed by atoms with Crippen molar-refractivity contribution in [1.82, 2.24) is 0 Å². The third-order valence-corrected chi connectivity index (χ3v) is 4.26. The largest absolute Gasteiger partial charge is 0.299 e. The van der Waals surface area contributed by atoms with Crippen molar-refractivity contribution in [2.45, 2.75) is 39.0 Å². The van der Waals surface area contributed by atoms with E-state index in [1.807, 2.05) is 0 Å². The Morgan fingerprint density at radius 2 is 2.22 bits per heavy atom. The molecule has 0 saturated heterocycles. The van der Waals surface area contributed by atoms with Crippen molar-refractivity contribution < 1.29 is 9.18 Å². The number of ketones is 1. The molecule has 0 aromatic heterocycles. The molecule has 2 rings (SSSR count). The SMILES string of the molecule is CC1CCCC(C(=O)Cc2cc(Br)ccc2F)C1. The molecule has 0 spiro atoms. The van der Waals surface area contributed by atoms with Gasteiger partial charge in [-0.1, -0.05) is 35.7 Å². The highest BCUT2D eigenvalue weighted by Gasteiger charge is 2.25. The first-order chi connectivity index (χ1) is 8.56. The average molecular weight is 313 g/mol. The van der Waals surface area contributed by atoms with Gasteiger partial charge in [-0.25, -0.2) is 4.39 Å². The average Bonchev–Trinajstić information content (AvgIpc) is 2.34. The zero-order valence-electron chi connectivity index (χ0n) is 10.6. The first kappa shape index (κ1) is 13.7. The molecular formula is C15H18BrFO. The maximum Gasteiger partial charge on any atom is 0.140 e. The van der Waals surface area contributed by atoms with Crippen molar-refractivity contribution in [3.63, 3.8) is 0 Å². The van der Waals surface area contributed by atoms with Crippen LogP contribution in [0.4, 0.5) is 4.39 Å². The smallest absolute Gasteiger partial charge is 0.140 e. The minimum atomic E-state index is -0.282. The van der Waals surface area contributed by atoms with Crippen molar-refractivity contribution in [3.05, 3.63) is 34.1 Å². The van der Waals surface area contributed by atoms with Gasteiger partial charge in [0.05, 0.1) is 0 Å². The summed E-state index contributed by atoms with van der Waals surface area (Å²) in [5.74, 6) is 0.668. The standard InChI is InChI=1S/C15H18BrFO/c1-10-3-2-4-11(7-10)15(18)9-12-8-13(16)5-6-14(12)17/h5-6,8,10-11H,2-4,7,9H2,1H3. The summed E-state index contributed by atoms with van der Waals surface area (Å²) in [6.45, 7) is 2.19. The second-order valence-electron chi connectivity index (χ2n) is 5.35. The third kappa shape index (κ3) is 3.41. The molecular weight excluding hydrogens is 295 g/mol. The molecule has 0 N–H and O–H groups in total. The number of carbonyl (C=O) groups excluding carboxylic acids is 1. The van der Waals surface area contributed by atoms with Crippen LogP contribution in [0.2, 0.25) is 0 Å². The lowest BCUT2D eigenvalue weighted by atomic mass is 9.79. The van der Waals surface area contributed by atoms with Crippen molar-refractivity contribution in [2.24, 2.45) is 11.8 Å². The number of hydrogen-bond acceptors (Lipinski definition) is 1. The summed E-state index contributed by atoms with van der Waals surface area (Å²) in [5, 5.41) is 0. The monoisotopic (exact) mass is 312 g/mol. The van der Waals surface area contributed by atoms with Gasteiger partial charge >= 0.3 is 0 Å². The molecule has 2 unspecified atom stereocenters. The van der Waals surface area contributed by atoms with Crippen LogP contribution in [0.5, 0.6) is 0 Å². The van der Waals surface area contributed by atoms with Crippen LogP contribution in [0.15, 0.2) is 22.7 Å². The summed E-state index contributed by atoms with van der Waals surface area (Å²) in [4.78, 5) is 12.2. The Balaban J connectivity index is 2.04. The Morgan fingerprint density at radius 1 is 1.44 bits per heavy atom. The summed E-state index contributed by atoms with van der Waals surface area (Å²) < 4.78 is 14.4. The predicted molar refractivity (Wildman–Crippen MR) is 73.9 cm³/mol. The van der Waals surface area contributed by atoms with E-state index in [1.165, 1.54) is 12.5 Å². The van der Waals surface area contributed by atoms with Crippen LogP contribution in [-0.2, 0) is 11.2 Å². The Kier molecular flexibility index (Phi) is 4.55. The Morgan fingerprint density at radius 3 is 2.94 bits per heavy atom. The highest BCUT2D eigenvalue weighted by Crippen LogP contribution is 2.30. The number of carbonyl (C=O) groups is 1. The number of Topliss-reactive ketones (excluding diaryl/α,β-unsaturated/α-hetero) is 1. The first-order valence-corrected chi connectivity index (χ1v) is 7.32. The normalized spacial score (nSPS) is 23.9. The third-order valence-electron chi connectivity index (χ3n) is 3.76. The topological polar surface area (TPSA) is 17.1 Å². The number of halogens is 2. The molecule has 1 aromatic rings. The quantitative estimate of drug-likeness (QED) is 0.801. The molecule has 1 aromatic carbocycles. The molecule has 0 heterocycles. The van der Waals surface area contributed by atoms with Crippen LogP contribution in [0.1, 0.15) is 38.2 Å². The molecule has 3 heteroatoms. The predicted octanol–water partition coefficient (Wildman–Crippen LogP) is 4.53. The molecule has 1 aliphatic carbocycles. The van der Waals surface area contributed by atoms with E-state index in [4.69, 9.17) is 0 Å². The highest BCUT2D eigenvalue weighted by atomic mass is 79.9. The van der Waals surface area contributed by atoms with Gasteiger partial charge in [0.25, 0.3) is 0 Å². The van der Waals surface area contributed by atoms with Crippen LogP contribution in [0.25, 0.3) is 0 Å². The van der Waals surface area contributed by atoms with Gasteiger partial charge in [-0.05, 0) is 42.5 Å². The van der Waals surface area contributed by atoms with Crippen molar-refractivity contribution >= 4 is 21.7 Å². The van der Waals surface area contributed by atoms with E-state index in [2.05, 4.69) is 22.9 Å². The lowest BCUT2D eigenvalue weighted by Gasteiger charge is -2.25. The van der Waals surface area contributed by atoms with E-state index in [1.54, 1.807) is 12.1 Å². The molecule has 2 atom stereocenters. The molecule has 1 fully saturated rings. The molecule has 1 nitrogen and oxygen atoms in total. The summed E-state index contributed by atoms with van der Waals surface area (Å²) >= 11 is 3.31. The number of benzene rings is 1. The Hall–Kier alpha value is -0.700. The van der Waals surface area contributed by atoms with E-state index in [0.717, 1.165) is 23.7 Å². The maximum atomic E-state index is 13.6. The fourth-order valence-corrected chi connectivity index (χ4v) is 3.15. The summed E-state index contributed by atoms with van der Waals surface area (Å²) in [7, 11) is 0.